The van der Waals surface area contributed by atoms with Gasteiger partial charge < -0.3 is 5.73 Å². The van der Waals surface area contributed by atoms with Crippen molar-refractivity contribution in [2.24, 2.45) is 11.1 Å². The molecule has 0 saturated heterocycles. The standard InChI is InChI=1S/C14H21NO/c1-5-14(4,9-15)13(16)12-7-6-10(2)8-11(12)3/h6-8H,5,9,15H2,1-4H3. The molecule has 0 aromatic heterocycles. The fourth-order valence-electron chi connectivity index (χ4n) is 1.79. The molecule has 1 unspecified atom stereocenters. The Morgan fingerprint density at radius 3 is 2.44 bits per heavy atom. The van der Waals surface area contributed by atoms with Crippen molar-refractivity contribution in [2.45, 2.75) is 34.1 Å². The lowest BCUT2D eigenvalue weighted by Crippen LogP contribution is -2.35. The number of hydrogen-bond acceptors (Lipinski definition) is 2. The van der Waals surface area contributed by atoms with Gasteiger partial charge in [-0.1, -0.05) is 37.6 Å². The third kappa shape index (κ3) is 2.33. The second-order valence-electron chi connectivity index (χ2n) is 4.77. The predicted molar refractivity (Wildman–Crippen MR) is 67.7 cm³/mol. The minimum Gasteiger partial charge on any atom is -0.329 e. The number of rotatable bonds is 4. The zero-order chi connectivity index (χ0) is 12.3. The van der Waals surface area contributed by atoms with Crippen LogP contribution in [0.4, 0.5) is 0 Å². The highest BCUT2D eigenvalue weighted by Gasteiger charge is 2.31. The van der Waals surface area contributed by atoms with E-state index in [9.17, 15) is 4.79 Å². The molecule has 16 heavy (non-hydrogen) atoms. The van der Waals surface area contributed by atoms with E-state index in [1.807, 2.05) is 45.9 Å². The normalized spacial score (nSPS) is 14.6. The summed E-state index contributed by atoms with van der Waals surface area (Å²) < 4.78 is 0. The van der Waals surface area contributed by atoms with Gasteiger partial charge in [-0.3, -0.25) is 4.79 Å². The smallest absolute Gasteiger partial charge is 0.170 e. The van der Waals surface area contributed by atoms with E-state index in [0.29, 0.717) is 6.54 Å². The van der Waals surface area contributed by atoms with E-state index in [1.54, 1.807) is 0 Å². The largest absolute Gasteiger partial charge is 0.329 e. The Balaban J connectivity index is 3.14. The van der Waals surface area contributed by atoms with Gasteiger partial charge >= 0.3 is 0 Å². The quantitative estimate of drug-likeness (QED) is 0.791. The van der Waals surface area contributed by atoms with Crippen molar-refractivity contribution < 1.29 is 4.79 Å². The lowest BCUT2D eigenvalue weighted by atomic mass is 9.79. The summed E-state index contributed by atoms with van der Waals surface area (Å²) in [6.45, 7) is 8.36. The fourth-order valence-corrected chi connectivity index (χ4v) is 1.79. The number of ketones is 1. The highest BCUT2D eigenvalue weighted by atomic mass is 16.1. The van der Waals surface area contributed by atoms with Crippen molar-refractivity contribution in [3.63, 3.8) is 0 Å². The average molecular weight is 219 g/mol. The molecule has 88 valence electrons. The Morgan fingerprint density at radius 1 is 1.38 bits per heavy atom. The van der Waals surface area contributed by atoms with Gasteiger partial charge in [0.25, 0.3) is 0 Å². The fraction of sp³-hybridized carbons (Fsp3) is 0.500. The van der Waals surface area contributed by atoms with Crippen LogP contribution in [0.15, 0.2) is 18.2 Å². The minimum absolute atomic E-state index is 0.162. The van der Waals surface area contributed by atoms with Crippen LogP contribution in [0.5, 0.6) is 0 Å². The van der Waals surface area contributed by atoms with Crippen LogP contribution in [0, 0.1) is 19.3 Å². The van der Waals surface area contributed by atoms with Crippen LogP contribution in [0.25, 0.3) is 0 Å². The van der Waals surface area contributed by atoms with Gasteiger partial charge in [-0.15, -0.1) is 0 Å². The molecule has 0 aliphatic rings. The van der Waals surface area contributed by atoms with Crippen molar-refractivity contribution in [3.05, 3.63) is 34.9 Å². The second-order valence-corrected chi connectivity index (χ2v) is 4.77. The molecule has 1 aromatic rings. The summed E-state index contributed by atoms with van der Waals surface area (Å²) in [5.41, 5.74) is 8.31. The number of hydrogen-bond donors (Lipinski definition) is 1. The highest BCUT2D eigenvalue weighted by molar-refractivity contribution is 6.01. The maximum atomic E-state index is 12.4. The molecular formula is C14H21NO. The van der Waals surface area contributed by atoms with Gasteiger partial charge in [0.15, 0.2) is 5.78 Å². The molecule has 0 heterocycles. The van der Waals surface area contributed by atoms with Gasteiger partial charge in [-0.05, 0) is 25.8 Å². The van der Waals surface area contributed by atoms with Crippen molar-refractivity contribution in [1.82, 2.24) is 0 Å². The SMILES string of the molecule is CCC(C)(CN)C(=O)c1ccc(C)cc1C. The zero-order valence-electron chi connectivity index (χ0n) is 10.6. The average Bonchev–Trinajstić information content (AvgIpc) is 2.27. The van der Waals surface area contributed by atoms with Gasteiger partial charge in [-0.25, -0.2) is 0 Å². The first kappa shape index (κ1) is 12.9. The van der Waals surface area contributed by atoms with E-state index >= 15 is 0 Å². The highest BCUT2D eigenvalue weighted by Crippen LogP contribution is 2.27. The van der Waals surface area contributed by atoms with Gasteiger partial charge in [0.1, 0.15) is 0 Å². The summed E-state index contributed by atoms with van der Waals surface area (Å²) in [6.07, 6.45) is 0.773. The monoisotopic (exact) mass is 219 g/mol. The number of carbonyl (C=O) groups excluding carboxylic acids is 1. The molecule has 2 nitrogen and oxygen atoms in total. The number of Topliss-reactive ketones (excluding diaryl/α,β-unsaturated/α-hetero) is 1. The maximum Gasteiger partial charge on any atom is 0.170 e. The number of aryl methyl sites for hydroxylation is 2. The van der Waals surface area contributed by atoms with E-state index in [4.69, 9.17) is 5.73 Å². The Bertz CT molecular complexity index is 392. The minimum atomic E-state index is -0.431. The molecule has 0 amide bonds. The number of nitrogens with two attached hydrogens (primary N) is 1. The topological polar surface area (TPSA) is 43.1 Å². The van der Waals surface area contributed by atoms with Crippen molar-refractivity contribution in [2.75, 3.05) is 6.54 Å². The van der Waals surface area contributed by atoms with Crippen molar-refractivity contribution in [1.29, 1.82) is 0 Å². The molecule has 0 saturated carbocycles. The molecule has 2 N–H and O–H groups in total. The number of carbonyl (C=O) groups is 1. The van der Waals surface area contributed by atoms with Gasteiger partial charge in [0.2, 0.25) is 0 Å². The van der Waals surface area contributed by atoms with Crippen LogP contribution in [-0.2, 0) is 0 Å². The van der Waals surface area contributed by atoms with Gasteiger partial charge in [0.05, 0.1) is 0 Å². The van der Waals surface area contributed by atoms with Crippen LogP contribution in [0.3, 0.4) is 0 Å². The Morgan fingerprint density at radius 2 is 2.00 bits per heavy atom. The Hall–Kier alpha value is -1.15. The summed E-state index contributed by atoms with van der Waals surface area (Å²) in [5.74, 6) is 0.162. The summed E-state index contributed by atoms with van der Waals surface area (Å²) >= 11 is 0. The van der Waals surface area contributed by atoms with E-state index in [2.05, 4.69) is 0 Å². The first-order valence-corrected chi connectivity index (χ1v) is 5.76. The zero-order valence-corrected chi connectivity index (χ0v) is 10.6. The van der Waals surface area contributed by atoms with Crippen LogP contribution in [-0.4, -0.2) is 12.3 Å². The lowest BCUT2D eigenvalue weighted by molar-refractivity contribution is 0.0819. The third-order valence-electron chi connectivity index (χ3n) is 3.41. The van der Waals surface area contributed by atoms with E-state index in [-0.39, 0.29) is 5.78 Å². The molecule has 1 rings (SSSR count). The molecule has 1 atom stereocenters. The first-order valence-electron chi connectivity index (χ1n) is 5.76. The molecule has 0 bridgehead atoms. The van der Waals surface area contributed by atoms with Crippen molar-refractivity contribution in [3.8, 4) is 0 Å². The summed E-state index contributed by atoms with van der Waals surface area (Å²) in [4.78, 5) is 12.4. The first-order chi connectivity index (χ1) is 7.44. The van der Waals surface area contributed by atoms with Crippen LogP contribution < -0.4 is 5.73 Å². The predicted octanol–water partition coefficient (Wildman–Crippen LogP) is 2.86. The molecule has 0 aliphatic heterocycles. The Kier molecular flexibility index (Phi) is 3.87. The van der Waals surface area contributed by atoms with Crippen molar-refractivity contribution >= 4 is 5.78 Å². The molecule has 0 spiro atoms. The molecule has 0 radical (unpaired) electrons. The van der Waals surface area contributed by atoms with E-state index < -0.39 is 5.41 Å². The van der Waals surface area contributed by atoms with E-state index in [0.717, 1.165) is 17.5 Å². The third-order valence-corrected chi connectivity index (χ3v) is 3.41. The second kappa shape index (κ2) is 4.79. The molecule has 1 aromatic carbocycles. The van der Waals surface area contributed by atoms with Crippen LogP contribution >= 0.6 is 0 Å². The van der Waals surface area contributed by atoms with Gasteiger partial charge in [-0.2, -0.15) is 0 Å². The Labute approximate surface area is 97.9 Å². The van der Waals surface area contributed by atoms with Crippen LogP contribution in [0.1, 0.15) is 41.8 Å². The molecule has 0 aliphatic carbocycles. The van der Waals surface area contributed by atoms with Crippen LogP contribution in [0.2, 0.25) is 0 Å². The molecular weight excluding hydrogens is 198 g/mol. The molecule has 0 fully saturated rings. The molecule has 2 heteroatoms. The summed E-state index contributed by atoms with van der Waals surface area (Å²) in [7, 11) is 0. The summed E-state index contributed by atoms with van der Waals surface area (Å²) in [5, 5.41) is 0. The number of benzene rings is 1. The maximum absolute atomic E-state index is 12.4. The lowest BCUT2D eigenvalue weighted by Gasteiger charge is -2.25. The van der Waals surface area contributed by atoms with E-state index in [1.165, 1.54) is 5.56 Å². The summed E-state index contributed by atoms with van der Waals surface area (Å²) in [6, 6.07) is 5.93. The van der Waals surface area contributed by atoms with Gasteiger partial charge in [0, 0.05) is 17.5 Å².